The topological polar surface area (TPSA) is 57.5 Å². The number of hydrogen-bond donors (Lipinski definition) is 2. The largest absolute Gasteiger partial charge is 0.478 e. The van der Waals surface area contributed by atoms with Crippen molar-refractivity contribution in [1.82, 2.24) is 0 Å². The number of rotatable bonds is 1. The molecule has 2 N–H and O–H groups in total. The zero-order valence-corrected chi connectivity index (χ0v) is 6.90. The normalized spacial score (nSPS) is 8.17. The number of aromatic carboxylic acids is 1. The molecule has 0 saturated carbocycles. The van der Waals surface area contributed by atoms with Crippen LogP contribution in [0.3, 0.4) is 0 Å². The predicted molar refractivity (Wildman–Crippen MR) is 46.2 cm³/mol. The minimum absolute atomic E-state index is 0.250. The molecule has 1 aromatic carbocycles. The fraction of sp³-hybridized carbons (Fsp3) is 0.222. The van der Waals surface area contributed by atoms with E-state index in [-0.39, 0.29) is 6.61 Å². The average molecular weight is 168 g/mol. The van der Waals surface area contributed by atoms with Gasteiger partial charge in [-0.25, -0.2) is 4.79 Å². The summed E-state index contributed by atoms with van der Waals surface area (Å²) in [6.45, 7) is 1.93. The van der Waals surface area contributed by atoms with Crippen LogP contribution < -0.4 is 0 Å². The molecule has 3 heteroatoms. The van der Waals surface area contributed by atoms with Gasteiger partial charge in [-0.05, 0) is 19.1 Å². The van der Waals surface area contributed by atoms with Crippen LogP contribution >= 0.6 is 0 Å². The molecule has 0 aliphatic rings. The quantitative estimate of drug-likeness (QED) is 0.666. The van der Waals surface area contributed by atoms with Crippen LogP contribution in [0.15, 0.2) is 30.3 Å². The zero-order chi connectivity index (χ0) is 9.40. The van der Waals surface area contributed by atoms with Crippen molar-refractivity contribution >= 4 is 5.97 Å². The first-order chi connectivity index (χ1) is 5.72. The maximum atomic E-state index is 10.2. The first-order valence-corrected chi connectivity index (χ1v) is 3.61. The van der Waals surface area contributed by atoms with Crippen LogP contribution in [0, 0.1) is 0 Å². The van der Waals surface area contributed by atoms with Crippen molar-refractivity contribution in [2.45, 2.75) is 6.92 Å². The molecule has 0 bridgehead atoms. The number of benzene rings is 1. The van der Waals surface area contributed by atoms with Crippen LogP contribution in [0.25, 0.3) is 0 Å². The molecule has 1 aromatic rings. The summed E-state index contributed by atoms with van der Waals surface area (Å²) in [6, 6.07) is 8.30. The van der Waals surface area contributed by atoms with Crippen molar-refractivity contribution in [3.8, 4) is 0 Å². The number of hydrogen-bond acceptors (Lipinski definition) is 2. The van der Waals surface area contributed by atoms with E-state index in [1.165, 1.54) is 0 Å². The number of carboxylic acid groups (broad SMARTS) is 1. The van der Waals surface area contributed by atoms with Crippen molar-refractivity contribution in [2.24, 2.45) is 0 Å². The molecule has 0 radical (unpaired) electrons. The van der Waals surface area contributed by atoms with Gasteiger partial charge in [0.1, 0.15) is 0 Å². The third kappa shape index (κ3) is 4.46. The van der Waals surface area contributed by atoms with Crippen LogP contribution in [0.5, 0.6) is 0 Å². The Kier molecular flexibility index (Phi) is 5.65. The molecule has 12 heavy (non-hydrogen) atoms. The number of carboxylic acids is 1. The van der Waals surface area contributed by atoms with Gasteiger partial charge in [-0.3, -0.25) is 0 Å². The molecule has 0 aliphatic heterocycles. The Bertz CT molecular complexity index is 218. The van der Waals surface area contributed by atoms with E-state index >= 15 is 0 Å². The van der Waals surface area contributed by atoms with Gasteiger partial charge in [0, 0.05) is 6.61 Å². The van der Waals surface area contributed by atoms with Crippen LogP contribution in [0.2, 0.25) is 0 Å². The Morgan fingerprint density at radius 2 is 1.75 bits per heavy atom. The van der Waals surface area contributed by atoms with Crippen LogP contribution in [-0.2, 0) is 0 Å². The van der Waals surface area contributed by atoms with E-state index in [4.69, 9.17) is 10.2 Å². The molecule has 0 fully saturated rings. The summed E-state index contributed by atoms with van der Waals surface area (Å²) >= 11 is 0. The van der Waals surface area contributed by atoms with E-state index in [0.717, 1.165) is 0 Å². The van der Waals surface area contributed by atoms with E-state index < -0.39 is 5.97 Å². The molecule has 0 aromatic heterocycles. The number of aliphatic hydroxyl groups is 1. The first-order valence-electron chi connectivity index (χ1n) is 3.61. The van der Waals surface area contributed by atoms with Gasteiger partial charge in [0.05, 0.1) is 5.56 Å². The maximum Gasteiger partial charge on any atom is 0.335 e. The fourth-order valence-electron chi connectivity index (χ4n) is 0.581. The summed E-state index contributed by atoms with van der Waals surface area (Å²) in [6.07, 6.45) is 0. The molecule has 66 valence electrons. The summed E-state index contributed by atoms with van der Waals surface area (Å²) in [5.41, 5.74) is 0.331. The lowest BCUT2D eigenvalue weighted by molar-refractivity contribution is 0.0697. The van der Waals surface area contributed by atoms with Crippen molar-refractivity contribution < 1.29 is 15.0 Å². The molecule has 0 aliphatic carbocycles. The van der Waals surface area contributed by atoms with Gasteiger partial charge >= 0.3 is 5.97 Å². The van der Waals surface area contributed by atoms with Crippen molar-refractivity contribution in [3.63, 3.8) is 0 Å². The predicted octanol–water partition coefficient (Wildman–Crippen LogP) is 1.38. The van der Waals surface area contributed by atoms with Crippen molar-refractivity contribution in [3.05, 3.63) is 35.9 Å². The molecule has 0 saturated heterocycles. The second-order valence-corrected chi connectivity index (χ2v) is 1.99. The average Bonchev–Trinajstić information content (AvgIpc) is 2.07. The minimum atomic E-state index is -0.879. The second kappa shape index (κ2) is 6.37. The highest BCUT2D eigenvalue weighted by molar-refractivity contribution is 5.87. The van der Waals surface area contributed by atoms with Crippen LogP contribution in [-0.4, -0.2) is 22.8 Å². The molecule has 1 rings (SSSR count). The second-order valence-electron chi connectivity index (χ2n) is 1.99. The van der Waals surface area contributed by atoms with Gasteiger partial charge in [0.25, 0.3) is 0 Å². The van der Waals surface area contributed by atoms with Crippen LogP contribution in [0.1, 0.15) is 17.3 Å². The highest BCUT2D eigenvalue weighted by Crippen LogP contribution is 1.96. The first kappa shape index (κ1) is 10.7. The van der Waals surface area contributed by atoms with Gasteiger partial charge < -0.3 is 10.2 Å². The van der Waals surface area contributed by atoms with Gasteiger partial charge in [-0.2, -0.15) is 0 Å². The SMILES string of the molecule is CCO.O=C(O)c1ccccc1. The van der Waals surface area contributed by atoms with Crippen molar-refractivity contribution in [2.75, 3.05) is 6.61 Å². The molecule has 0 heterocycles. The summed E-state index contributed by atoms with van der Waals surface area (Å²) < 4.78 is 0. The summed E-state index contributed by atoms with van der Waals surface area (Å²) in [5, 5.41) is 16.0. The van der Waals surface area contributed by atoms with E-state index in [9.17, 15) is 4.79 Å². The highest BCUT2D eigenvalue weighted by Gasteiger charge is 1.96. The summed E-state index contributed by atoms with van der Waals surface area (Å²) in [5.74, 6) is -0.879. The van der Waals surface area contributed by atoms with Crippen molar-refractivity contribution in [1.29, 1.82) is 0 Å². The monoisotopic (exact) mass is 168 g/mol. The smallest absolute Gasteiger partial charge is 0.335 e. The Balaban J connectivity index is 0.000000354. The Morgan fingerprint density at radius 3 is 2.00 bits per heavy atom. The third-order valence-corrected chi connectivity index (χ3v) is 1.02. The van der Waals surface area contributed by atoms with E-state index in [0.29, 0.717) is 5.56 Å². The lowest BCUT2D eigenvalue weighted by Crippen LogP contribution is -1.93. The summed E-state index contributed by atoms with van der Waals surface area (Å²) in [7, 11) is 0. The van der Waals surface area contributed by atoms with E-state index in [1.54, 1.807) is 37.3 Å². The lowest BCUT2D eigenvalue weighted by atomic mass is 10.2. The molecule has 0 atom stereocenters. The molecular weight excluding hydrogens is 156 g/mol. The molecule has 0 spiro atoms. The van der Waals surface area contributed by atoms with Gasteiger partial charge in [-0.1, -0.05) is 18.2 Å². The molecule has 0 amide bonds. The van der Waals surface area contributed by atoms with Gasteiger partial charge in [0.15, 0.2) is 0 Å². The van der Waals surface area contributed by atoms with Gasteiger partial charge in [-0.15, -0.1) is 0 Å². The van der Waals surface area contributed by atoms with E-state index in [2.05, 4.69) is 0 Å². The van der Waals surface area contributed by atoms with Gasteiger partial charge in [0.2, 0.25) is 0 Å². The molecule has 3 nitrogen and oxygen atoms in total. The zero-order valence-electron chi connectivity index (χ0n) is 6.90. The number of aliphatic hydroxyl groups excluding tert-OH is 1. The van der Waals surface area contributed by atoms with Crippen LogP contribution in [0.4, 0.5) is 0 Å². The molecule has 0 unspecified atom stereocenters. The third-order valence-electron chi connectivity index (χ3n) is 1.02. The number of carbonyl (C=O) groups is 1. The summed E-state index contributed by atoms with van der Waals surface area (Å²) in [4.78, 5) is 10.2. The Labute approximate surface area is 71.3 Å². The Morgan fingerprint density at radius 1 is 1.33 bits per heavy atom. The maximum absolute atomic E-state index is 10.2. The highest BCUT2D eigenvalue weighted by atomic mass is 16.4. The standard InChI is InChI=1S/C7H6O2.C2H6O/c8-7(9)6-4-2-1-3-5-6;1-2-3/h1-5H,(H,8,9);3H,2H2,1H3. The minimum Gasteiger partial charge on any atom is -0.478 e. The Hall–Kier alpha value is -1.35. The fourth-order valence-corrected chi connectivity index (χ4v) is 0.581. The van der Waals surface area contributed by atoms with E-state index in [1.807, 2.05) is 0 Å². The lowest BCUT2D eigenvalue weighted by Gasteiger charge is -1.88. The molecular formula is C9H12O3.